The van der Waals surface area contributed by atoms with Crippen molar-refractivity contribution < 1.29 is 9.72 Å². The maximum absolute atomic E-state index is 11.7. The second kappa shape index (κ2) is 7.03. The number of azo groups is 1. The number of rotatable bonds is 4. The molecule has 122 valence electrons. The van der Waals surface area contributed by atoms with Crippen LogP contribution in [0.4, 0.5) is 0 Å². The number of amidine groups is 1. The molecular weight excluding hydrogens is 310 g/mol. The van der Waals surface area contributed by atoms with Gasteiger partial charge in [-0.25, -0.2) is 0 Å². The van der Waals surface area contributed by atoms with Crippen molar-refractivity contribution in [2.24, 2.45) is 26.3 Å². The van der Waals surface area contributed by atoms with E-state index in [9.17, 15) is 14.9 Å². The van der Waals surface area contributed by atoms with Crippen LogP contribution in [0.25, 0.3) is 0 Å². The van der Waals surface area contributed by atoms with Gasteiger partial charge in [0.1, 0.15) is 6.04 Å². The fraction of sp³-hybridized carbons (Fsp3) is 0.312. The first-order valence-corrected chi connectivity index (χ1v) is 7.55. The van der Waals surface area contributed by atoms with Crippen LogP contribution in [0, 0.1) is 16.0 Å². The van der Waals surface area contributed by atoms with E-state index >= 15 is 0 Å². The van der Waals surface area contributed by atoms with E-state index in [-0.39, 0.29) is 18.2 Å². The summed E-state index contributed by atoms with van der Waals surface area (Å²) in [5, 5.41) is 26.8. The van der Waals surface area contributed by atoms with Gasteiger partial charge in [-0.05, 0) is 17.7 Å². The molecule has 0 fully saturated rings. The summed E-state index contributed by atoms with van der Waals surface area (Å²) in [5.74, 6) is -0.352. The lowest BCUT2D eigenvalue weighted by molar-refractivity contribution is -0.510. The monoisotopic (exact) mass is 325 g/mol. The zero-order valence-electron chi connectivity index (χ0n) is 12.7. The summed E-state index contributed by atoms with van der Waals surface area (Å²) < 4.78 is 0. The Morgan fingerprint density at radius 3 is 2.83 bits per heavy atom. The Balaban J connectivity index is 1.61. The molecule has 0 saturated heterocycles. The van der Waals surface area contributed by atoms with Gasteiger partial charge in [0.2, 0.25) is 6.04 Å². The van der Waals surface area contributed by atoms with Crippen molar-refractivity contribution in [3.05, 3.63) is 58.2 Å². The average Bonchev–Trinajstić information content (AvgIpc) is 3.06. The van der Waals surface area contributed by atoms with Crippen molar-refractivity contribution in [2.75, 3.05) is 0 Å². The van der Waals surface area contributed by atoms with E-state index in [1.165, 1.54) is 18.4 Å². The van der Waals surface area contributed by atoms with Crippen LogP contribution in [-0.2, 0) is 4.79 Å². The lowest BCUT2D eigenvalue weighted by Crippen LogP contribution is -2.29. The third kappa shape index (κ3) is 3.65. The maximum atomic E-state index is 11.7. The zero-order chi connectivity index (χ0) is 16.9. The molecule has 8 nitrogen and oxygen atoms in total. The van der Waals surface area contributed by atoms with E-state index in [0.29, 0.717) is 12.3 Å². The van der Waals surface area contributed by atoms with Crippen LogP contribution in [0.3, 0.4) is 0 Å². The van der Waals surface area contributed by atoms with Crippen molar-refractivity contribution in [3.8, 4) is 0 Å². The van der Waals surface area contributed by atoms with Crippen LogP contribution in [-0.4, -0.2) is 28.8 Å². The molecule has 1 heterocycles. The first-order chi connectivity index (χ1) is 11.6. The standard InChI is InChI=1S/C16H15N5O3/c22-15-7-6-13(21(23)24)8-12(15)10-17-19-16-9-14(18-20-16)11-4-2-1-3-5-11/h1-7,10,12-14H,8-9H2/b17-10-,19-16-/t12-,13-,14+/m0/s1. The van der Waals surface area contributed by atoms with Crippen LogP contribution in [0.2, 0.25) is 0 Å². The Bertz CT molecular complexity index is 754. The molecule has 3 rings (SSSR count). The van der Waals surface area contributed by atoms with Gasteiger partial charge in [0.25, 0.3) is 0 Å². The number of nitrogens with zero attached hydrogens (tertiary/aromatic N) is 5. The van der Waals surface area contributed by atoms with Gasteiger partial charge in [-0.15, -0.1) is 10.2 Å². The van der Waals surface area contributed by atoms with Gasteiger partial charge in [0.05, 0.1) is 5.92 Å². The second-order valence-corrected chi connectivity index (χ2v) is 5.58. The fourth-order valence-corrected chi connectivity index (χ4v) is 2.57. The van der Waals surface area contributed by atoms with Crippen LogP contribution in [0.5, 0.6) is 0 Å². The van der Waals surface area contributed by atoms with Gasteiger partial charge in [0, 0.05) is 24.0 Å². The van der Waals surface area contributed by atoms with Crippen molar-refractivity contribution in [2.45, 2.75) is 24.9 Å². The summed E-state index contributed by atoms with van der Waals surface area (Å²) in [6.07, 6.45) is 4.54. The van der Waals surface area contributed by atoms with Gasteiger partial charge >= 0.3 is 0 Å². The van der Waals surface area contributed by atoms with Crippen molar-refractivity contribution in [1.82, 2.24) is 0 Å². The largest absolute Gasteiger partial charge is 0.294 e. The highest BCUT2D eigenvalue weighted by molar-refractivity contribution is 6.02. The summed E-state index contributed by atoms with van der Waals surface area (Å²) in [7, 11) is 0. The minimum atomic E-state index is -0.861. The van der Waals surface area contributed by atoms with E-state index in [2.05, 4.69) is 20.4 Å². The number of carbonyl (C=O) groups is 1. The number of hydrogen-bond acceptors (Lipinski definition) is 6. The van der Waals surface area contributed by atoms with Crippen LogP contribution >= 0.6 is 0 Å². The average molecular weight is 325 g/mol. The summed E-state index contributed by atoms with van der Waals surface area (Å²) in [4.78, 5) is 22.1. The molecule has 2 aliphatic rings. The molecule has 1 aromatic rings. The highest BCUT2D eigenvalue weighted by Crippen LogP contribution is 2.27. The Morgan fingerprint density at radius 1 is 1.29 bits per heavy atom. The topological polar surface area (TPSA) is 110 Å². The van der Waals surface area contributed by atoms with Gasteiger partial charge < -0.3 is 0 Å². The minimum Gasteiger partial charge on any atom is -0.294 e. The van der Waals surface area contributed by atoms with Crippen LogP contribution in [0.1, 0.15) is 24.4 Å². The number of hydrogen-bond donors (Lipinski definition) is 0. The Hall–Kier alpha value is -3.03. The SMILES string of the molecule is O=C1C=C[C@H]([N+](=O)[O-])C[C@H]1/C=N\N=C1\C[C@H](c2ccccc2)N=N1. The lowest BCUT2D eigenvalue weighted by Gasteiger charge is -2.14. The summed E-state index contributed by atoms with van der Waals surface area (Å²) in [6.45, 7) is 0. The fourth-order valence-electron chi connectivity index (χ4n) is 2.57. The molecule has 0 unspecified atom stereocenters. The smallest absolute Gasteiger partial charge is 0.232 e. The zero-order valence-corrected chi connectivity index (χ0v) is 12.7. The summed E-state index contributed by atoms with van der Waals surface area (Å²) >= 11 is 0. The molecule has 0 radical (unpaired) electrons. The highest BCUT2D eigenvalue weighted by atomic mass is 16.6. The van der Waals surface area contributed by atoms with Gasteiger partial charge in [-0.3, -0.25) is 14.9 Å². The predicted molar refractivity (Wildman–Crippen MR) is 87.6 cm³/mol. The Labute approximate surface area is 137 Å². The minimum absolute atomic E-state index is 0.0711. The number of carbonyl (C=O) groups excluding carboxylic acids is 1. The third-order valence-corrected chi connectivity index (χ3v) is 3.91. The van der Waals surface area contributed by atoms with Gasteiger partial charge in [-0.2, -0.15) is 10.2 Å². The van der Waals surface area contributed by atoms with Gasteiger partial charge in [0.15, 0.2) is 11.6 Å². The van der Waals surface area contributed by atoms with E-state index < -0.39 is 16.9 Å². The van der Waals surface area contributed by atoms with Crippen molar-refractivity contribution >= 4 is 17.8 Å². The summed E-state index contributed by atoms with van der Waals surface area (Å²) in [6, 6.07) is 8.82. The molecule has 0 N–H and O–H groups in total. The molecule has 0 aromatic heterocycles. The van der Waals surface area contributed by atoms with E-state index in [1.54, 1.807) is 0 Å². The first kappa shape index (κ1) is 15.9. The number of nitro groups is 1. The Kier molecular flexibility index (Phi) is 4.64. The quantitative estimate of drug-likeness (QED) is 0.482. The number of allylic oxidation sites excluding steroid dienone is 1. The second-order valence-electron chi connectivity index (χ2n) is 5.58. The molecule has 0 amide bonds. The van der Waals surface area contributed by atoms with Crippen molar-refractivity contribution in [3.63, 3.8) is 0 Å². The summed E-state index contributed by atoms with van der Waals surface area (Å²) in [5.41, 5.74) is 1.05. The number of benzene rings is 1. The van der Waals surface area contributed by atoms with E-state index in [0.717, 1.165) is 5.56 Å². The first-order valence-electron chi connectivity index (χ1n) is 7.55. The highest BCUT2D eigenvalue weighted by Gasteiger charge is 2.29. The van der Waals surface area contributed by atoms with E-state index in [4.69, 9.17) is 0 Å². The predicted octanol–water partition coefficient (Wildman–Crippen LogP) is 2.76. The Morgan fingerprint density at radius 2 is 2.08 bits per heavy atom. The molecule has 0 spiro atoms. The third-order valence-electron chi connectivity index (χ3n) is 3.91. The molecule has 0 saturated carbocycles. The molecule has 1 aliphatic carbocycles. The van der Waals surface area contributed by atoms with E-state index in [1.807, 2.05) is 30.3 Å². The van der Waals surface area contributed by atoms with Gasteiger partial charge in [-0.1, -0.05) is 30.3 Å². The molecular formula is C16H15N5O3. The normalized spacial score (nSPS) is 28.1. The lowest BCUT2D eigenvalue weighted by atomic mass is 9.91. The molecule has 0 bridgehead atoms. The molecule has 1 aliphatic heterocycles. The molecule has 3 atom stereocenters. The number of ketones is 1. The van der Waals surface area contributed by atoms with Crippen LogP contribution < -0.4 is 0 Å². The molecule has 1 aromatic carbocycles. The molecule has 24 heavy (non-hydrogen) atoms. The van der Waals surface area contributed by atoms with Crippen molar-refractivity contribution in [1.29, 1.82) is 0 Å². The maximum Gasteiger partial charge on any atom is 0.232 e. The molecule has 8 heteroatoms. The van der Waals surface area contributed by atoms with Crippen LogP contribution in [0.15, 0.2) is 62.9 Å².